The molecule has 0 unspecified atom stereocenters. The van der Waals surface area contributed by atoms with E-state index in [2.05, 4.69) is 67.3 Å². The molecule has 2 N–H and O–H groups in total. The highest BCUT2D eigenvalue weighted by Gasteiger charge is 2.20. The van der Waals surface area contributed by atoms with E-state index in [-0.39, 0.29) is 9.69 Å². The van der Waals surface area contributed by atoms with Crippen molar-refractivity contribution >= 4 is 0 Å². The Bertz CT molecular complexity index is 798. The second kappa shape index (κ2) is 16.0. The predicted molar refractivity (Wildman–Crippen MR) is 115 cm³/mol. The van der Waals surface area contributed by atoms with Crippen molar-refractivity contribution in [1.82, 2.24) is 0 Å². The van der Waals surface area contributed by atoms with Gasteiger partial charge in [-0.15, -0.1) is 6.42 Å². The molecule has 0 bridgehead atoms. The Morgan fingerprint density at radius 2 is 1.29 bits per heavy atom. The third-order valence-corrected chi connectivity index (χ3v) is 2.98. The van der Waals surface area contributed by atoms with E-state index >= 15 is 0 Å². The van der Waals surface area contributed by atoms with Crippen LogP contribution >= 0.6 is 0 Å². The Hall–Kier alpha value is -3.26. The van der Waals surface area contributed by atoms with Crippen molar-refractivity contribution in [1.29, 1.82) is 0 Å². The average Bonchev–Trinajstić information content (AvgIpc) is 2.67. The number of hydrogen-bond donors (Lipinski definition) is 2. The van der Waals surface area contributed by atoms with Crippen LogP contribution < -0.4 is 14.2 Å². The third-order valence-electron chi connectivity index (χ3n) is 2.98. The highest BCUT2D eigenvalue weighted by Crippen LogP contribution is 2.41. The first-order chi connectivity index (χ1) is 13.3. The van der Waals surface area contributed by atoms with Gasteiger partial charge in [0.25, 0.3) is 0 Å². The van der Waals surface area contributed by atoms with Gasteiger partial charge in [-0.25, -0.2) is 10.5 Å². The fourth-order valence-electron chi connectivity index (χ4n) is 1.71. The largest absolute Gasteiger partial charge is 0.493 e. The van der Waals surface area contributed by atoms with E-state index < -0.39 is 0 Å². The van der Waals surface area contributed by atoms with Gasteiger partial charge in [-0.2, -0.15) is 0 Å². The molecular weight excluding hydrogens is 360 g/mol. The Morgan fingerprint density at radius 1 is 0.857 bits per heavy atom. The quantitative estimate of drug-likeness (QED) is 0.452. The van der Waals surface area contributed by atoms with E-state index in [9.17, 15) is 0 Å². The van der Waals surface area contributed by atoms with Crippen molar-refractivity contribution in [2.24, 2.45) is 0 Å². The van der Waals surface area contributed by atoms with Crippen molar-refractivity contribution in [3.05, 3.63) is 17.7 Å². The van der Waals surface area contributed by atoms with E-state index in [1.165, 1.54) is 0 Å². The fraction of sp³-hybridized carbons (Fsp3) is 0.364. The summed E-state index contributed by atoms with van der Waals surface area (Å²) >= 11 is 0. The van der Waals surface area contributed by atoms with Crippen LogP contribution in [0.2, 0.25) is 0 Å². The molecule has 0 aliphatic heterocycles. The summed E-state index contributed by atoms with van der Waals surface area (Å²) in [5.74, 6) is 19.0. The lowest BCUT2D eigenvalue weighted by molar-refractivity contribution is -0.465. The van der Waals surface area contributed by atoms with Crippen LogP contribution in [0.25, 0.3) is 0 Å². The topological polar surface area (TPSA) is 77.4 Å². The smallest absolute Gasteiger partial charge is 0.203 e. The molecule has 0 spiro atoms. The van der Waals surface area contributed by atoms with Crippen LogP contribution in [0.4, 0.5) is 0 Å². The van der Waals surface area contributed by atoms with E-state index in [0.29, 0.717) is 17.2 Å². The highest BCUT2D eigenvalue weighted by molar-refractivity contribution is 5.55. The van der Waals surface area contributed by atoms with Gasteiger partial charge in [-0.3, -0.25) is 0 Å². The maximum atomic E-state index is 6.62. The van der Waals surface area contributed by atoms with Crippen molar-refractivity contribution in [3.8, 4) is 65.1 Å². The molecule has 0 fully saturated rings. The van der Waals surface area contributed by atoms with Crippen LogP contribution in [0.1, 0.15) is 37.5 Å². The SMILES string of the molecule is C#CC#CC#CC#CC.COc1cc(C(C)(C)C)cc(OC)c1OC.OOO.[HH].[HH].[HH]. The normalized spacial score (nSPS) is 8.14. The molecule has 0 saturated heterocycles. The van der Waals surface area contributed by atoms with Gasteiger partial charge in [-0.05, 0) is 65.6 Å². The molecule has 0 aromatic heterocycles. The van der Waals surface area contributed by atoms with Gasteiger partial charge < -0.3 is 14.2 Å². The summed E-state index contributed by atoms with van der Waals surface area (Å²) in [6, 6.07) is 3.97. The highest BCUT2D eigenvalue weighted by atomic mass is 17.4. The zero-order valence-electron chi connectivity index (χ0n) is 17.3. The first-order valence-corrected chi connectivity index (χ1v) is 7.90. The molecular formula is C22H32O6. The van der Waals surface area contributed by atoms with Gasteiger partial charge in [0.15, 0.2) is 11.5 Å². The molecule has 1 aromatic rings. The minimum absolute atomic E-state index is 0. The summed E-state index contributed by atoms with van der Waals surface area (Å²) in [5, 5.41) is 15.5. The molecule has 0 heterocycles. The molecule has 1 rings (SSSR count). The Kier molecular flexibility index (Phi) is 15.4. The number of hydrogen-bond acceptors (Lipinski definition) is 6. The molecule has 0 saturated carbocycles. The van der Waals surface area contributed by atoms with Crippen LogP contribution in [0.15, 0.2) is 12.1 Å². The summed E-state index contributed by atoms with van der Waals surface area (Å²) < 4.78 is 15.9. The lowest BCUT2D eigenvalue weighted by atomic mass is 9.86. The molecule has 0 atom stereocenters. The standard InChI is InChI=1S/C13H20O3.C9H4.H2O3.3H2/c1-13(2,3)9-7-10(14-4)12(16-6)11(8-9)15-5;1-3-5-7-9-8-6-4-2;1-3-2;;;/h7-8H,1-6H3;1H,2H3;1-2H;3*1H. The van der Waals surface area contributed by atoms with Crippen LogP contribution in [0.5, 0.6) is 17.2 Å². The Morgan fingerprint density at radius 3 is 1.61 bits per heavy atom. The van der Waals surface area contributed by atoms with Crippen LogP contribution in [0.3, 0.4) is 0 Å². The predicted octanol–water partition coefficient (Wildman–Crippen LogP) is 4.35. The maximum absolute atomic E-state index is 6.62. The first kappa shape index (κ1) is 27.0. The Balaban J connectivity index is -0.000000130. The molecule has 0 amide bonds. The molecule has 6 nitrogen and oxygen atoms in total. The zero-order chi connectivity index (χ0) is 22.0. The molecule has 1 aromatic carbocycles. The van der Waals surface area contributed by atoms with Gasteiger partial charge in [0.1, 0.15) is 0 Å². The van der Waals surface area contributed by atoms with Gasteiger partial charge >= 0.3 is 0 Å². The third kappa shape index (κ3) is 11.4. The lowest BCUT2D eigenvalue weighted by Gasteiger charge is -2.22. The molecule has 28 heavy (non-hydrogen) atoms. The fourth-order valence-corrected chi connectivity index (χ4v) is 1.71. The van der Waals surface area contributed by atoms with E-state index in [1.54, 1.807) is 28.3 Å². The van der Waals surface area contributed by atoms with Crippen molar-refractivity contribution in [2.75, 3.05) is 21.3 Å². The van der Waals surface area contributed by atoms with Gasteiger partial charge in [0.2, 0.25) is 5.75 Å². The van der Waals surface area contributed by atoms with E-state index in [4.69, 9.17) is 31.1 Å². The van der Waals surface area contributed by atoms with Gasteiger partial charge in [-0.1, -0.05) is 31.7 Å². The number of benzene rings is 1. The summed E-state index contributed by atoms with van der Waals surface area (Å²) in [7, 11) is 4.87. The van der Waals surface area contributed by atoms with Crippen LogP contribution in [-0.2, 0) is 10.5 Å². The second-order valence-corrected chi connectivity index (χ2v) is 5.77. The minimum atomic E-state index is 0. The Labute approximate surface area is 172 Å². The second-order valence-electron chi connectivity index (χ2n) is 5.77. The number of ether oxygens (including phenoxy) is 3. The molecule has 156 valence electrons. The average molecular weight is 392 g/mol. The summed E-state index contributed by atoms with van der Waals surface area (Å²) in [6.07, 6.45) is 4.82. The van der Waals surface area contributed by atoms with Gasteiger partial charge in [0, 0.05) is 4.28 Å². The van der Waals surface area contributed by atoms with Crippen molar-refractivity contribution in [2.45, 2.75) is 33.1 Å². The van der Waals surface area contributed by atoms with Crippen molar-refractivity contribution in [3.63, 3.8) is 0 Å². The zero-order valence-corrected chi connectivity index (χ0v) is 17.3. The lowest BCUT2D eigenvalue weighted by Crippen LogP contribution is -2.11. The first-order valence-electron chi connectivity index (χ1n) is 7.90. The number of methoxy groups -OCH3 is 3. The van der Waals surface area contributed by atoms with Gasteiger partial charge in [0.05, 0.1) is 21.3 Å². The van der Waals surface area contributed by atoms with E-state index in [1.807, 2.05) is 12.1 Å². The number of terminal acetylenes is 1. The molecule has 6 heteroatoms. The summed E-state index contributed by atoms with van der Waals surface area (Å²) in [4.78, 5) is 0. The summed E-state index contributed by atoms with van der Waals surface area (Å²) in [5.41, 5.74) is 1.20. The number of rotatable bonds is 3. The van der Waals surface area contributed by atoms with Crippen molar-refractivity contribution < 1.29 is 34.0 Å². The van der Waals surface area contributed by atoms with Crippen LogP contribution in [-0.4, -0.2) is 31.8 Å². The monoisotopic (exact) mass is 392 g/mol. The van der Waals surface area contributed by atoms with E-state index in [0.717, 1.165) is 5.56 Å². The minimum Gasteiger partial charge on any atom is -0.493 e. The summed E-state index contributed by atoms with van der Waals surface area (Å²) in [6.45, 7) is 8.15. The molecule has 0 aliphatic carbocycles. The van der Waals surface area contributed by atoms with Crippen LogP contribution in [0, 0.1) is 47.9 Å². The maximum Gasteiger partial charge on any atom is 0.203 e. The molecule has 0 aliphatic rings. The molecule has 0 radical (unpaired) electrons.